The number of aromatic nitrogens is 3. The molecule has 1 aromatic heterocycles. The quantitative estimate of drug-likeness (QED) is 0.707. The summed E-state index contributed by atoms with van der Waals surface area (Å²) in [5, 5.41) is 0. The Morgan fingerprint density at radius 3 is 2.71 bits per heavy atom. The van der Waals surface area contributed by atoms with Crippen molar-refractivity contribution in [2.45, 2.75) is 20.3 Å². The number of aryl methyl sites for hydroxylation is 1. The van der Waals surface area contributed by atoms with Crippen LogP contribution in [-0.2, 0) is 0 Å². The zero-order chi connectivity index (χ0) is 10.1. The maximum absolute atomic E-state index is 5.57. The summed E-state index contributed by atoms with van der Waals surface area (Å²) in [5.41, 5.74) is 5.57. The summed E-state index contributed by atoms with van der Waals surface area (Å²) in [6.07, 6.45) is 1.20. The lowest BCUT2D eigenvalue weighted by Gasteiger charge is -2.15. The second kappa shape index (κ2) is 3.40. The number of anilines is 2. The van der Waals surface area contributed by atoms with E-state index in [1.165, 1.54) is 6.42 Å². The van der Waals surface area contributed by atoms with Crippen LogP contribution in [0.25, 0.3) is 0 Å². The standard InChI is InChI=1S/C9H15N5/c1-6-3-4-14(5-6)9-12-7(2)11-8(10)13-9/h6H,3-5H2,1-2H3,(H2,10,11,12,13). The minimum Gasteiger partial charge on any atom is -0.368 e. The van der Waals surface area contributed by atoms with Crippen LogP contribution in [0.5, 0.6) is 0 Å². The van der Waals surface area contributed by atoms with Crippen molar-refractivity contribution in [1.29, 1.82) is 0 Å². The third kappa shape index (κ3) is 1.76. The fourth-order valence-corrected chi connectivity index (χ4v) is 1.75. The van der Waals surface area contributed by atoms with Gasteiger partial charge in [0.15, 0.2) is 0 Å². The molecule has 1 saturated heterocycles. The highest BCUT2D eigenvalue weighted by molar-refractivity contribution is 5.35. The zero-order valence-electron chi connectivity index (χ0n) is 8.56. The molecule has 5 nitrogen and oxygen atoms in total. The van der Waals surface area contributed by atoms with Gasteiger partial charge in [-0.25, -0.2) is 0 Å². The van der Waals surface area contributed by atoms with Crippen molar-refractivity contribution in [2.75, 3.05) is 23.7 Å². The molecule has 1 atom stereocenters. The first-order chi connectivity index (χ1) is 6.65. The zero-order valence-corrected chi connectivity index (χ0v) is 8.56. The lowest BCUT2D eigenvalue weighted by atomic mass is 10.2. The van der Waals surface area contributed by atoms with Crippen LogP contribution in [0.4, 0.5) is 11.9 Å². The van der Waals surface area contributed by atoms with Crippen LogP contribution >= 0.6 is 0 Å². The summed E-state index contributed by atoms with van der Waals surface area (Å²) < 4.78 is 0. The molecule has 1 fully saturated rings. The Kier molecular flexibility index (Phi) is 2.23. The van der Waals surface area contributed by atoms with Crippen molar-refractivity contribution in [2.24, 2.45) is 5.92 Å². The molecule has 1 aromatic rings. The van der Waals surface area contributed by atoms with E-state index in [4.69, 9.17) is 5.73 Å². The summed E-state index contributed by atoms with van der Waals surface area (Å²) in [4.78, 5) is 14.5. The lowest BCUT2D eigenvalue weighted by Crippen LogP contribution is -2.22. The van der Waals surface area contributed by atoms with Gasteiger partial charge >= 0.3 is 0 Å². The highest BCUT2D eigenvalue weighted by Crippen LogP contribution is 2.20. The molecule has 0 spiro atoms. The Morgan fingerprint density at radius 2 is 2.14 bits per heavy atom. The second-order valence-corrected chi connectivity index (χ2v) is 3.88. The molecule has 0 radical (unpaired) electrons. The maximum Gasteiger partial charge on any atom is 0.230 e. The van der Waals surface area contributed by atoms with Crippen LogP contribution in [0.3, 0.4) is 0 Å². The van der Waals surface area contributed by atoms with Crippen LogP contribution in [0.1, 0.15) is 19.2 Å². The van der Waals surface area contributed by atoms with Gasteiger partial charge in [-0.1, -0.05) is 6.92 Å². The number of hydrogen-bond acceptors (Lipinski definition) is 5. The van der Waals surface area contributed by atoms with Gasteiger partial charge in [0.2, 0.25) is 11.9 Å². The average molecular weight is 193 g/mol. The molecule has 2 heterocycles. The summed E-state index contributed by atoms with van der Waals surface area (Å²) in [6.45, 7) is 6.10. The molecule has 0 aromatic carbocycles. The largest absolute Gasteiger partial charge is 0.368 e. The molecule has 76 valence electrons. The van der Waals surface area contributed by atoms with Gasteiger partial charge in [-0.2, -0.15) is 15.0 Å². The fourth-order valence-electron chi connectivity index (χ4n) is 1.75. The number of rotatable bonds is 1. The molecule has 0 bridgehead atoms. The van der Waals surface area contributed by atoms with Crippen LogP contribution in [0.15, 0.2) is 0 Å². The Bertz CT molecular complexity index is 318. The van der Waals surface area contributed by atoms with E-state index in [0.717, 1.165) is 19.0 Å². The van der Waals surface area contributed by atoms with Gasteiger partial charge in [0, 0.05) is 13.1 Å². The lowest BCUT2D eigenvalue weighted by molar-refractivity contribution is 0.657. The molecular weight excluding hydrogens is 178 g/mol. The molecule has 2 rings (SSSR count). The monoisotopic (exact) mass is 193 g/mol. The van der Waals surface area contributed by atoms with E-state index in [0.29, 0.717) is 17.7 Å². The SMILES string of the molecule is Cc1nc(N)nc(N2CCC(C)C2)n1. The third-order valence-corrected chi connectivity index (χ3v) is 2.46. The third-order valence-electron chi connectivity index (χ3n) is 2.46. The Balaban J connectivity index is 2.23. The summed E-state index contributed by atoms with van der Waals surface area (Å²) in [5.74, 6) is 2.44. The van der Waals surface area contributed by atoms with E-state index in [1.54, 1.807) is 0 Å². The first-order valence-corrected chi connectivity index (χ1v) is 4.88. The van der Waals surface area contributed by atoms with Gasteiger partial charge in [-0.15, -0.1) is 0 Å². The van der Waals surface area contributed by atoms with E-state index in [9.17, 15) is 0 Å². The number of nitrogen functional groups attached to an aromatic ring is 1. The number of nitrogens with two attached hydrogens (primary N) is 1. The van der Waals surface area contributed by atoms with E-state index < -0.39 is 0 Å². The predicted octanol–water partition coefficient (Wildman–Crippen LogP) is 0.608. The molecule has 0 aliphatic carbocycles. The van der Waals surface area contributed by atoms with Crippen LogP contribution in [-0.4, -0.2) is 28.0 Å². The van der Waals surface area contributed by atoms with Crippen LogP contribution in [0.2, 0.25) is 0 Å². The van der Waals surface area contributed by atoms with Crippen molar-refractivity contribution in [3.05, 3.63) is 5.82 Å². The smallest absolute Gasteiger partial charge is 0.230 e. The minimum atomic E-state index is 0.312. The predicted molar refractivity (Wildman–Crippen MR) is 55.0 cm³/mol. The van der Waals surface area contributed by atoms with Gasteiger partial charge in [0.1, 0.15) is 5.82 Å². The summed E-state index contributed by atoms with van der Waals surface area (Å²) in [6, 6.07) is 0. The van der Waals surface area contributed by atoms with Crippen LogP contribution < -0.4 is 10.6 Å². The molecule has 14 heavy (non-hydrogen) atoms. The first-order valence-electron chi connectivity index (χ1n) is 4.88. The van der Waals surface area contributed by atoms with Crippen molar-refractivity contribution >= 4 is 11.9 Å². The van der Waals surface area contributed by atoms with E-state index in [-0.39, 0.29) is 0 Å². The molecule has 5 heteroatoms. The Morgan fingerprint density at radius 1 is 1.36 bits per heavy atom. The van der Waals surface area contributed by atoms with Gasteiger partial charge in [0.25, 0.3) is 0 Å². The van der Waals surface area contributed by atoms with Crippen LogP contribution in [0, 0.1) is 12.8 Å². The molecule has 0 amide bonds. The molecule has 1 unspecified atom stereocenters. The van der Waals surface area contributed by atoms with Gasteiger partial charge in [-0.3, -0.25) is 0 Å². The van der Waals surface area contributed by atoms with Crippen molar-refractivity contribution < 1.29 is 0 Å². The summed E-state index contributed by atoms with van der Waals surface area (Å²) in [7, 11) is 0. The van der Waals surface area contributed by atoms with E-state index in [2.05, 4.69) is 26.8 Å². The van der Waals surface area contributed by atoms with Crippen molar-refractivity contribution in [3.8, 4) is 0 Å². The first kappa shape index (κ1) is 9.18. The van der Waals surface area contributed by atoms with Crippen molar-refractivity contribution in [3.63, 3.8) is 0 Å². The molecule has 1 aliphatic rings. The van der Waals surface area contributed by atoms with Gasteiger partial charge < -0.3 is 10.6 Å². The van der Waals surface area contributed by atoms with Crippen molar-refractivity contribution in [1.82, 2.24) is 15.0 Å². The molecular formula is C9H15N5. The molecule has 0 saturated carbocycles. The number of hydrogen-bond donors (Lipinski definition) is 1. The number of nitrogens with zero attached hydrogens (tertiary/aromatic N) is 4. The van der Waals surface area contributed by atoms with Gasteiger partial charge in [-0.05, 0) is 19.3 Å². The Labute approximate surface area is 83.4 Å². The average Bonchev–Trinajstić information content (AvgIpc) is 2.50. The van der Waals surface area contributed by atoms with E-state index in [1.807, 2.05) is 6.92 Å². The highest BCUT2D eigenvalue weighted by atomic mass is 15.3. The van der Waals surface area contributed by atoms with Gasteiger partial charge in [0.05, 0.1) is 0 Å². The highest BCUT2D eigenvalue weighted by Gasteiger charge is 2.21. The molecule has 1 aliphatic heterocycles. The second-order valence-electron chi connectivity index (χ2n) is 3.88. The normalized spacial score (nSPS) is 21.6. The Hall–Kier alpha value is -1.39. The van der Waals surface area contributed by atoms with E-state index >= 15 is 0 Å². The summed E-state index contributed by atoms with van der Waals surface area (Å²) >= 11 is 0. The topological polar surface area (TPSA) is 67.9 Å². The minimum absolute atomic E-state index is 0.312. The molecule has 2 N–H and O–H groups in total. The fraction of sp³-hybridized carbons (Fsp3) is 0.667. The maximum atomic E-state index is 5.57.